The molecule has 0 aliphatic heterocycles. The van der Waals surface area contributed by atoms with Gasteiger partial charge in [0.05, 0.1) is 5.52 Å². The lowest BCUT2D eigenvalue weighted by Gasteiger charge is -1.98. The standard InChI is InChI=1S/C9H7NO3S/c11-8-5-9(14(12)13)10-7-4-2-1-3-6(7)8/h1-5,10-11H. The van der Waals surface area contributed by atoms with Crippen molar-refractivity contribution >= 4 is 21.2 Å². The van der Waals surface area contributed by atoms with Gasteiger partial charge >= 0.3 is 0 Å². The molecule has 72 valence electrons. The van der Waals surface area contributed by atoms with E-state index in [-0.39, 0.29) is 10.4 Å². The number of H-pyrrole nitrogens is 1. The highest BCUT2D eigenvalue weighted by atomic mass is 32.2. The van der Waals surface area contributed by atoms with Crippen molar-refractivity contribution in [2.75, 3.05) is 0 Å². The van der Waals surface area contributed by atoms with Crippen LogP contribution in [-0.2, 0) is 10.3 Å². The lowest BCUT2D eigenvalue weighted by Crippen LogP contribution is -1.82. The number of aromatic hydroxyl groups is 1. The molecule has 0 spiro atoms. The number of fused-ring (bicyclic) bond motifs is 1. The fourth-order valence-corrected chi connectivity index (χ4v) is 1.68. The number of nitrogens with one attached hydrogen (secondary N) is 1. The van der Waals surface area contributed by atoms with Gasteiger partial charge in [-0.2, -0.15) is 8.42 Å². The lowest BCUT2D eigenvalue weighted by atomic mass is 10.2. The minimum atomic E-state index is -2.36. The van der Waals surface area contributed by atoms with Gasteiger partial charge in [-0.25, -0.2) is 0 Å². The Kier molecular flexibility index (Phi) is 2.01. The van der Waals surface area contributed by atoms with E-state index >= 15 is 0 Å². The highest BCUT2D eigenvalue weighted by molar-refractivity contribution is 7.63. The average Bonchev–Trinajstić information content (AvgIpc) is 2.17. The Morgan fingerprint density at radius 3 is 2.64 bits per heavy atom. The Morgan fingerprint density at radius 1 is 1.21 bits per heavy atom. The van der Waals surface area contributed by atoms with Crippen LogP contribution < -0.4 is 0 Å². The molecule has 2 rings (SSSR count). The van der Waals surface area contributed by atoms with Crippen molar-refractivity contribution < 1.29 is 13.5 Å². The van der Waals surface area contributed by atoms with Crippen molar-refractivity contribution in [3.05, 3.63) is 35.0 Å². The summed E-state index contributed by atoms with van der Waals surface area (Å²) in [4.78, 5) is 2.69. The lowest BCUT2D eigenvalue weighted by molar-refractivity contribution is 0.480. The molecule has 0 aliphatic rings. The number of rotatable bonds is 0. The molecule has 14 heavy (non-hydrogen) atoms. The summed E-state index contributed by atoms with van der Waals surface area (Å²) in [6.07, 6.45) is 0. The molecule has 1 heterocycles. The fraction of sp³-hybridized carbons (Fsp3) is 0. The van der Waals surface area contributed by atoms with E-state index in [0.717, 1.165) is 0 Å². The molecule has 0 unspecified atom stereocenters. The van der Waals surface area contributed by atoms with Gasteiger partial charge in [0.25, 0.3) is 0 Å². The van der Waals surface area contributed by atoms with E-state index in [0.29, 0.717) is 10.9 Å². The zero-order chi connectivity index (χ0) is 10.1. The first-order chi connectivity index (χ1) is 6.68. The van der Waals surface area contributed by atoms with E-state index in [2.05, 4.69) is 4.98 Å². The Bertz CT molecular complexity index is 647. The molecular formula is C9H7NO3S. The van der Waals surface area contributed by atoms with Crippen molar-refractivity contribution in [1.29, 1.82) is 0 Å². The van der Waals surface area contributed by atoms with Crippen molar-refractivity contribution in [3.63, 3.8) is 0 Å². The van der Waals surface area contributed by atoms with Gasteiger partial charge < -0.3 is 10.1 Å². The number of aromatic nitrogens is 1. The van der Waals surface area contributed by atoms with Gasteiger partial charge in [0.2, 0.25) is 10.3 Å². The van der Waals surface area contributed by atoms with E-state index < -0.39 is 10.3 Å². The summed E-state index contributed by atoms with van der Waals surface area (Å²) in [7, 11) is -2.36. The van der Waals surface area contributed by atoms with Crippen LogP contribution in [0.2, 0.25) is 0 Å². The van der Waals surface area contributed by atoms with E-state index in [9.17, 15) is 13.5 Å². The summed E-state index contributed by atoms with van der Waals surface area (Å²) in [6.45, 7) is 0. The van der Waals surface area contributed by atoms with Crippen molar-refractivity contribution in [3.8, 4) is 5.75 Å². The second-order valence-corrected chi connectivity index (χ2v) is 3.71. The number of pyridine rings is 1. The van der Waals surface area contributed by atoms with E-state index in [4.69, 9.17) is 0 Å². The van der Waals surface area contributed by atoms with Crippen LogP contribution in [0, 0.1) is 4.64 Å². The Morgan fingerprint density at radius 2 is 1.93 bits per heavy atom. The highest BCUT2D eigenvalue weighted by Gasteiger charge is 1.99. The summed E-state index contributed by atoms with van der Waals surface area (Å²) >= 11 is 0. The van der Waals surface area contributed by atoms with Gasteiger partial charge in [-0.15, -0.1) is 0 Å². The quantitative estimate of drug-likeness (QED) is 0.642. The third kappa shape index (κ3) is 1.38. The van der Waals surface area contributed by atoms with Gasteiger partial charge in [0.15, 0.2) is 4.64 Å². The number of aromatic amines is 1. The molecule has 0 saturated heterocycles. The second kappa shape index (κ2) is 3.19. The summed E-state index contributed by atoms with van der Waals surface area (Å²) in [6, 6.07) is 8.12. The maximum absolute atomic E-state index is 10.7. The normalized spacial score (nSPS) is 10.3. The van der Waals surface area contributed by atoms with Crippen LogP contribution in [0.5, 0.6) is 5.75 Å². The number of hydrogen-bond acceptors (Lipinski definition) is 3. The molecule has 2 aromatic rings. The third-order valence-corrected chi connectivity index (χ3v) is 2.49. The first-order valence-electron chi connectivity index (χ1n) is 3.92. The van der Waals surface area contributed by atoms with Crippen LogP contribution in [0.4, 0.5) is 0 Å². The molecule has 5 heteroatoms. The van der Waals surface area contributed by atoms with E-state index in [1.165, 1.54) is 6.07 Å². The Labute approximate surface area is 81.0 Å². The van der Waals surface area contributed by atoms with Crippen molar-refractivity contribution in [2.45, 2.75) is 0 Å². The molecule has 1 aromatic heterocycles. The van der Waals surface area contributed by atoms with Gasteiger partial charge in [0, 0.05) is 11.5 Å². The molecule has 1 aromatic carbocycles. The predicted octanol–water partition coefficient (Wildman–Crippen LogP) is 1.28. The van der Waals surface area contributed by atoms with Crippen LogP contribution in [0.3, 0.4) is 0 Å². The minimum absolute atomic E-state index is 0.0267. The van der Waals surface area contributed by atoms with Gasteiger partial charge in [-0.05, 0) is 12.1 Å². The first kappa shape index (κ1) is 8.83. The molecule has 0 bridgehead atoms. The Hall–Kier alpha value is -1.75. The smallest absolute Gasteiger partial charge is 0.238 e. The summed E-state index contributed by atoms with van der Waals surface area (Å²) in [5, 5.41) is 10.1. The minimum Gasteiger partial charge on any atom is -0.507 e. The van der Waals surface area contributed by atoms with Crippen LogP contribution in [0.25, 0.3) is 10.9 Å². The SMILES string of the molecule is O=S(=O)=c1cc(O)c2ccccc2[nH]1. The predicted molar refractivity (Wildman–Crippen MR) is 52.1 cm³/mol. The van der Waals surface area contributed by atoms with Gasteiger partial charge in [-0.1, -0.05) is 12.1 Å². The zero-order valence-corrected chi connectivity index (χ0v) is 7.88. The van der Waals surface area contributed by atoms with E-state index in [1.807, 2.05) is 0 Å². The van der Waals surface area contributed by atoms with Crippen molar-refractivity contribution in [1.82, 2.24) is 4.98 Å². The van der Waals surface area contributed by atoms with Crippen molar-refractivity contribution in [2.24, 2.45) is 0 Å². The van der Waals surface area contributed by atoms with Crippen LogP contribution >= 0.6 is 0 Å². The average molecular weight is 209 g/mol. The maximum Gasteiger partial charge on any atom is 0.238 e. The van der Waals surface area contributed by atoms with Gasteiger partial charge in [0.1, 0.15) is 5.75 Å². The molecule has 4 nitrogen and oxygen atoms in total. The third-order valence-electron chi connectivity index (χ3n) is 1.91. The fourth-order valence-electron chi connectivity index (χ4n) is 1.28. The topological polar surface area (TPSA) is 70.2 Å². The van der Waals surface area contributed by atoms with E-state index in [1.54, 1.807) is 24.3 Å². The summed E-state index contributed by atoms with van der Waals surface area (Å²) < 4.78 is 21.3. The molecule has 0 radical (unpaired) electrons. The molecule has 0 fully saturated rings. The molecule has 0 atom stereocenters. The largest absolute Gasteiger partial charge is 0.507 e. The number of benzene rings is 1. The zero-order valence-electron chi connectivity index (χ0n) is 7.06. The number of para-hydroxylation sites is 1. The molecule has 0 amide bonds. The first-order valence-corrected chi connectivity index (χ1v) is 4.99. The highest BCUT2D eigenvalue weighted by Crippen LogP contribution is 2.21. The Balaban J connectivity index is 3.09. The van der Waals surface area contributed by atoms with Crippen LogP contribution in [-0.4, -0.2) is 18.5 Å². The molecule has 0 aliphatic carbocycles. The molecule has 0 saturated carbocycles. The second-order valence-electron chi connectivity index (χ2n) is 2.80. The monoisotopic (exact) mass is 209 g/mol. The summed E-state index contributed by atoms with van der Waals surface area (Å²) in [5.74, 6) is -0.0430. The van der Waals surface area contributed by atoms with Crippen LogP contribution in [0.1, 0.15) is 0 Å². The van der Waals surface area contributed by atoms with Gasteiger partial charge in [-0.3, -0.25) is 0 Å². The maximum atomic E-state index is 10.7. The molecular weight excluding hydrogens is 202 g/mol. The van der Waals surface area contributed by atoms with Crippen LogP contribution in [0.15, 0.2) is 30.3 Å². The summed E-state index contributed by atoms with van der Waals surface area (Å²) in [5.41, 5.74) is 0.590. The number of hydrogen-bond donors (Lipinski definition) is 2. The molecule has 2 N–H and O–H groups in total.